The van der Waals surface area contributed by atoms with Crippen molar-refractivity contribution in [3.63, 3.8) is 0 Å². The van der Waals surface area contributed by atoms with E-state index in [1.54, 1.807) is 5.56 Å². The molecule has 0 amide bonds. The number of ether oxygens (including phenoxy) is 1. The van der Waals surface area contributed by atoms with E-state index in [2.05, 4.69) is 29.2 Å². The van der Waals surface area contributed by atoms with Crippen molar-refractivity contribution in [2.45, 2.75) is 36.2 Å². The quantitative estimate of drug-likeness (QED) is 0.820. The van der Waals surface area contributed by atoms with Crippen molar-refractivity contribution in [1.29, 1.82) is 0 Å². The minimum atomic E-state index is 0.457. The zero-order chi connectivity index (χ0) is 14.5. The molecule has 0 radical (unpaired) electrons. The van der Waals surface area contributed by atoms with Crippen LogP contribution in [0.5, 0.6) is 0 Å². The summed E-state index contributed by atoms with van der Waals surface area (Å²) in [5.74, 6) is 1.95. The molecule has 2 aliphatic rings. The number of piperidine rings is 1. The molecule has 4 heteroatoms. The molecule has 1 saturated heterocycles. The predicted octanol–water partition coefficient (Wildman–Crippen LogP) is 2.71. The van der Waals surface area contributed by atoms with Gasteiger partial charge in [0.25, 0.3) is 0 Å². The number of nitrogens with zero attached hydrogens (tertiary/aromatic N) is 1. The SMILES string of the molecule is NCCCOC1CCN(CC2CSc3ccccc32)CC1. The highest BCUT2D eigenvalue weighted by Crippen LogP contribution is 2.39. The third-order valence-electron chi connectivity index (χ3n) is 4.51. The van der Waals surface area contributed by atoms with Crippen LogP contribution in [0.1, 0.15) is 30.7 Å². The molecule has 1 aromatic carbocycles. The smallest absolute Gasteiger partial charge is 0.0599 e. The Bertz CT molecular complexity index is 446. The molecule has 116 valence electrons. The maximum absolute atomic E-state index is 5.89. The number of likely N-dealkylation sites (tertiary alicyclic amines) is 1. The van der Waals surface area contributed by atoms with Gasteiger partial charge in [-0.05, 0) is 37.4 Å². The Morgan fingerprint density at radius 2 is 2.05 bits per heavy atom. The topological polar surface area (TPSA) is 38.5 Å². The molecular formula is C17H26N2OS. The lowest BCUT2D eigenvalue weighted by molar-refractivity contribution is 0.00651. The molecule has 0 aliphatic carbocycles. The molecule has 0 aromatic heterocycles. The minimum Gasteiger partial charge on any atom is -0.378 e. The van der Waals surface area contributed by atoms with Crippen molar-refractivity contribution in [2.24, 2.45) is 5.73 Å². The van der Waals surface area contributed by atoms with E-state index in [1.807, 2.05) is 11.8 Å². The summed E-state index contributed by atoms with van der Waals surface area (Å²) < 4.78 is 5.89. The van der Waals surface area contributed by atoms with E-state index in [-0.39, 0.29) is 0 Å². The average molecular weight is 306 g/mol. The van der Waals surface area contributed by atoms with Crippen molar-refractivity contribution in [2.75, 3.05) is 38.5 Å². The summed E-state index contributed by atoms with van der Waals surface area (Å²) in [5, 5.41) is 0. The first kappa shape index (κ1) is 15.3. The number of thioether (sulfide) groups is 1. The molecule has 0 saturated carbocycles. The van der Waals surface area contributed by atoms with E-state index in [4.69, 9.17) is 10.5 Å². The summed E-state index contributed by atoms with van der Waals surface area (Å²) in [6.07, 6.45) is 3.78. The van der Waals surface area contributed by atoms with Crippen LogP contribution in [0.25, 0.3) is 0 Å². The van der Waals surface area contributed by atoms with Crippen molar-refractivity contribution >= 4 is 11.8 Å². The van der Waals surface area contributed by atoms with Crippen LogP contribution in [0, 0.1) is 0 Å². The molecule has 1 aromatic rings. The first-order valence-corrected chi connectivity index (χ1v) is 9.11. The Morgan fingerprint density at radius 1 is 1.24 bits per heavy atom. The first-order valence-electron chi connectivity index (χ1n) is 8.12. The van der Waals surface area contributed by atoms with Gasteiger partial charge in [0.2, 0.25) is 0 Å². The molecule has 2 N–H and O–H groups in total. The lowest BCUT2D eigenvalue weighted by Gasteiger charge is -2.33. The summed E-state index contributed by atoms with van der Waals surface area (Å²) in [4.78, 5) is 4.11. The highest BCUT2D eigenvalue weighted by Gasteiger charge is 2.27. The second kappa shape index (κ2) is 7.63. The van der Waals surface area contributed by atoms with E-state index in [0.29, 0.717) is 12.0 Å². The molecule has 0 bridgehead atoms. The van der Waals surface area contributed by atoms with Crippen LogP contribution < -0.4 is 5.73 Å². The molecule has 3 rings (SSSR count). The summed E-state index contributed by atoms with van der Waals surface area (Å²) in [7, 11) is 0. The summed E-state index contributed by atoms with van der Waals surface area (Å²) in [6, 6.07) is 8.90. The molecule has 2 heterocycles. The van der Waals surface area contributed by atoms with Gasteiger partial charge in [-0.15, -0.1) is 11.8 Å². The Kier molecular flexibility index (Phi) is 5.58. The zero-order valence-corrected chi connectivity index (χ0v) is 13.5. The molecule has 1 fully saturated rings. The van der Waals surface area contributed by atoms with Crippen LogP contribution in [0.2, 0.25) is 0 Å². The van der Waals surface area contributed by atoms with E-state index < -0.39 is 0 Å². The third-order valence-corrected chi connectivity index (χ3v) is 5.77. The third kappa shape index (κ3) is 4.01. The fourth-order valence-corrected chi connectivity index (χ4v) is 4.53. The van der Waals surface area contributed by atoms with Gasteiger partial charge in [0, 0.05) is 42.8 Å². The van der Waals surface area contributed by atoms with Crippen molar-refractivity contribution in [3.05, 3.63) is 29.8 Å². The van der Waals surface area contributed by atoms with Crippen LogP contribution in [-0.4, -0.2) is 49.5 Å². The van der Waals surface area contributed by atoms with Gasteiger partial charge in [0.1, 0.15) is 0 Å². The number of nitrogens with two attached hydrogens (primary N) is 1. The highest BCUT2D eigenvalue weighted by atomic mass is 32.2. The normalized spacial score (nSPS) is 23.4. The van der Waals surface area contributed by atoms with Gasteiger partial charge in [-0.1, -0.05) is 18.2 Å². The Labute approximate surface area is 132 Å². The lowest BCUT2D eigenvalue weighted by atomic mass is 9.99. The van der Waals surface area contributed by atoms with Gasteiger partial charge < -0.3 is 15.4 Å². The Morgan fingerprint density at radius 3 is 2.86 bits per heavy atom. The fourth-order valence-electron chi connectivity index (χ4n) is 3.28. The number of rotatable bonds is 6. The monoisotopic (exact) mass is 306 g/mol. The van der Waals surface area contributed by atoms with E-state index in [1.165, 1.54) is 43.1 Å². The van der Waals surface area contributed by atoms with Crippen LogP contribution in [0.15, 0.2) is 29.2 Å². The van der Waals surface area contributed by atoms with Gasteiger partial charge in [-0.2, -0.15) is 0 Å². The van der Waals surface area contributed by atoms with Gasteiger partial charge in [-0.3, -0.25) is 0 Å². The van der Waals surface area contributed by atoms with E-state index >= 15 is 0 Å². The zero-order valence-electron chi connectivity index (χ0n) is 12.7. The largest absolute Gasteiger partial charge is 0.378 e. The molecule has 2 aliphatic heterocycles. The number of hydrogen-bond acceptors (Lipinski definition) is 4. The first-order chi connectivity index (χ1) is 10.4. The maximum atomic E-state index is 5.89. The number of fused-ring (bicyclic) bond motifs is 1. The lowest BCUT2D eigenvalue weighted by Crippen LogP contribution is -2.39. The van der Waals surface area contributed by atoms with Gasteiger partial charge in [-0.25, -0.2) is 0 Å². The standard InChI is InChI=1S/C17H26N2OS/c18-8-3-11-20-15-6-9-19(10-7-15)12-14-13-21-17-5-2-1-4-16(14)17/h1-2,4-5,14-15H,3,6-13,18H2. The van der Waals surface area contributed by atoms with Crippen molar-refractivity contribution in [3.8, 4) is 0 Å². The van der Waals surface area contributed by atoms with Crippen LogP contribution in [0.4, 0.5) is 0 Å². The fraction of sp³-hybridized carbons (Fsp3) is 0.647. The molecule has 1 atom stereocenters. The van der Waals surface area contributed by atoms with E-state index in [0.717, 1.165) is 19.6 Å². The van der Waals surface area contributed by atoms with Gasteiger partial charge in [0.05, 0.1) is 6.10 Å². The molecule has 1 unspecified atom stereocenters. The summed E-state index contributed by atoms with van der Waals surface area (Å²) >= 11 is 2.02. The second-order valence-electron chi connectivity index (χ2n) is 6.06. The second-order valence-corrected chi connectivity index (χ2v) is 7.12. The number of benzene rings is 1. The van der Waals surface area contributed by atoms with Crippen molar-refractivity contribution in [1.82, 2.24) is 4.90 Å². The Hall–Kier alpha value is -0.550. The predicted molar refractivity (Wildman–Crippen MR) is 89.0 cm³/mol. The average Bonchev–Trinajstić information content (AvgIpc) is 2.93. The van der Waals surface area contributed by atoms with Crippen LogP contribution in [0.3, 0.4) is 0 Å². The summed E-state index contributed by atoms with van der Waals surface area (Å²) in [5.41, 5.74) is 7.07. The van der Waals surface area contributed by atoms with E-state index in [9.17, 15) is 0 Å². The molecule has 0 spiro atoms. The van der Waals surface area contributed by atoms with Crippen LogP contribution >= 0.6 is 11.8 Å². The van der Waals surface area contributed by atoms with Crippen LogP contribution in [-0.2, 0) is 4.74 Å². The van der Waals surface area contributed by atoms with Gasteiger partial charge in [0.15, 0.2) is 0 Å². The molecule has 3 nitrogen and oxygen atoms in total. The van der Waals surface area contributed by atoms with Crippen molar-refractivity contribution < 1.29 is 4.74 Å². The Balaban J connectivity index is 1.44. The molecular weight excluding hydrogens is 280 g/mol. The maximum Gasteiger partial charge on any atom is 0.0599 e. The summed E-state index contributed by atoms with van der Waals surface area (Å²) in [6.45, 7) is 5.12. The highest BCUT2D eigenvalue weighted by molar-refractivity contribution is 7.99. The minimum absolute atomic E-state index is 0.457. The van der Waals surface area contributed by atoms with Gasteiger partial charge >= 0.3 is 0 Å². The number of hydrogen-bond donors (Lipinski definition) is 1. The molecule has 21 heavy (non-hydrogen) atoms.